The van der Waals surface area contributed by atoms with Crippen molar-refractivity contribution in [3.63, 3.8) is 0 Å². The van der Waals surface area contributed by atoms with Gasteiger partial charge in [0.15, 0.2) is 0 Å². The van der Waals surface area contributed by atoms with Gasteiger partial charge >= 0.3 is 0 Å². The van der Waals surface area contributed by atoms with Gasteiger partial charge in [0.05, 0.1) is 10.7 Å². The molecule has 0 spiro atoms. The number of nitrogens with two attached hydrogens (primary N) is 1. The van der Waals surface area contributed by atoms with Crippen molar-refractivity contribution in [3.8, 4) is 0 Å². The quantitative estimate of drug-likeness (QED) is 0.930. The maximum atomic E-state index is 13.0. The maximum absolute atomic E-state index is 13.0. The number of primary amides is 1. The van der Waals surface area contributed by atoms with Crippen molar-refractivity contribution in [3.05, 3.63) is 59.1 Å². The Bertz CT molecular complexity index is 851. The molecular weight excluding hydrogens is 324 g/mol. The highest BCUT2D eigenvalue weighted by molar-refractivity contribution is 7.93. The lowest BCUT2D eigenvalue weighted by atomic mass is 10.1. The predicted molar refractivity (Wildman–Crippen MR) is 84.2 cm³/mol. The molecule has 1 aliphatic heterocycles. The van der Waals surface area contributed by atoms with E-state index in [4.69, 9.17) is 17.3 Å². The van der Waals surface area contributed by atoms with Crippen LogP contribution in [0.15, 0.2) is 53.4 Å². The number of hydrogen-bond donors (Lipinski definition) is 1. The molecule has 114 valence electrons. The monoisotopic (exact) mass is 336 g/mol. The third-order valence-corrected chi connectivity index (χ3v) is 5.95. The SMILES string of the molecule is NC(=O)[C@@H]1Cc2ccccc2N1S(=O)(=O)c1ccccc1Cl. The van der Waals surface area contributed by atoms with Crippen LogP contribution >= 0.6 is 11.6 Å². The van der Waals surface area contributed by atoms with Crippen LogP contribution in [0.5, 0.6) is 0 Å². The lowest BCUT2D eigenvalue weighted by Gasteiger charge is -2.25. The van der Waals surface area contributed by atoms with E-state index in [9.17, 15) is 13.2 Å². The first-order valence-corrected chi connectivity index (χ1v) is 8.41. The Morgan fingerprint density at radius 2 is 1.77 bits per heavy atom. The van der Waals surface area contributed by atoms with Gasteiger partial charge in [-0.15, -0.1) is 0 Å². The summed E-state index contributed by atoms with van der Waals surface area (Å²) >= 11 is 6.02. The molecule has 0 saturated carbocycles. The van der Waals surface area contributed by atoms with Gasteiger partial charge in [0.1, 0.15) is 10.9 Å². The standard InChI is InChI=1S/C15H13ClN2O3S/c16-11-6-2-4-8-14(11)22(20,21)18-12-7-3-1-5-10(12)9-13(18)15(17)19/h1-8,13H,9H2,(H2,17,19)/t13-/m0/s1. The molecule has 0 radical (unpaired) electrons. The summed E-state index contributed by atoms with van der Waals surface area (Å²) in [6.07, 6.45) is 0.259. The molecule has 1 amide bonds. The molecule has 0 unspecified atom stereocenters. The van der Waals surface area contributed by atoms with Gasteiger partial charge in [0.2, 0.25) is 5.91 Å². The Labute approximate surface area is 133 Å². The number of rotatable bonds is 3. The van der Waals surface area contributed by atoms with E-state index in [1.54, 1.807) is 36.4 Å². The topological polar surface area (TPSA) is 80.5 Å². The number of amides is 1. The van der Waals surface area contributed by atoms with E-state index in [1.807, 2.05) is 0 Å². The van der Waals surface area contributed by atoms with E-state index in [0.29, 0.717) is 5.69 Å². The number of halogens is 1. The Balaban J connectivity index is 2.20. The Morgan fingerprint density at radius 1 is 1.14 bits per heavy atom. The summed E-state index contributed by atoms with van der Waals surface area (Å²) < 4.78 is 27.0. The van der Waals surface area contributed by atoms with Crippen molar-refractivity contribution in [2.45, 2.75) is 17.4 Å². The van der Waals surface area contributed by atoms with Gasteiger partial charge in [-0.05, 0) is 23.8 Å². The molecule has 2 N–H and O–H groups in total. The van der Waals surface area contributed by atoms with E-state index in [1.165, 1.54) is 12.1 Å². The number of carbonyl (C=O) groups is 1. The van der Waals surface area contributed by atoms with Crippen LogP contribution in [-0.2, 0) is 21.2 Å². The van der Waals surface area contributed by atoms with Crippen molar-refractivity contribution >= 4 is 33.2 Å². The summed E-state index contributed by atoms with van der Waals surface area (Å²) in [6, 6.07) is 12.1. The van der Waals surface area contributed by atoms with Crippen molar-refractivity contribution in [1.82, 2.24) is 0 Å². The highest BCUT2D eigenvalue weighted by atomic mass is 35.5. The number of para-hydroxylation sites is 1. The first-order chi connectivity index (χ1) is 10.4. The molecule has 2 aromatic carbocycles. The number of anilines is 1. The number of nitrogens with zero attached hydrogens (tertiary/aromatic N) is 1. The maximum Gasteiger partial charge on any atom is 0.266 e. The molecule has 22 heavy (non-hydrogen) atoms. The number of benzene rings is 2. The van der Waals surface area contributed by atoms with Crippen molar-refractivity contribution in [2.75, 3.05) is 4.31 Å². The summed E-state index contributed by atoms with van der Waals surface area (Å²) in [5.41, 5.74) is 6.63. The van der Waals surface area contributed by atoms with Crippen LogP contribution in [0, 0.1) is 0 Å². The summed E-state index contributed by atoms with van der Waals surface area (Å²) in [4.78, 5) is 11.7. The van der Waals surface area contributed by atoms with E-state index in [-0.39, 0.29) is 16.3 Å². The molecule has 0 bridgehead atoms. The van der Waals surface area contributed by atoms with Gasteiger partial charge in [-0.3, -0.25) is 9.10 Å². The van der Waals surface area contributed by atoms with E-state index < -0.39 is 22.0 Å². The van der Waals surface area contributed by atoms with Crippen LogP contribution in [0.3, 0.4) is 0 Å². The fourth-order valence-electron chi connectivity index (χ4n) is 2.63. The minimum Gasteiger partial charge on any atom is -0.368 e. The van der Waals surface area contributed by atoms with Gasteiger partial charge < -0.3 is 5.73 Å². The van der Waals surface area contributed by atoms with Crippen molar-refractivity contribution in [1.29, 1.82) is 0 Å². The fourth-order valence-corrected chi connectivity index (χ4v) is 4.79. The minimum absolute atomic E-state index is 0.0420. The van der Waals surface area contributed by atoms with Gasteiger partial charge in [-0.25, -0.2) is 8.42 Å². The third kappa shape index (κ3) is 2.24. The van der Waals surface area contributed by atoms with E-state index in [0.717, 1.165) is 9.87 Å². The molecule has 5 nitrogen and oxygen atoms in total. The average molecular weight is 337 g/mol. The summed E-state index contributed by atoms with van der Waals surface area (Å²) in [7, 11) is -3.98. The van der Waals surface area contributed by atoms with Crippen LogP contribution in [-0.4, -0.2) is 20.4 Å². The van der Waals surface area contributed by atoms with Crippen LogP contribution in [0.1, 0.15) is 5.56 Å². The molecule has 2 aromatic rings. The second kappa shape index (κ2) is 5.30. The van der Waals surface area contributed by atoms with E-state index >= 15 is 0 Å². The molecule has 1 atom stereocenters. The zero-order valence-corrected chi connectivity index (χ0v) is 13.0. The van der Waals surface area contributed by atoms with Gasteiger partial charge in [-0.2, -0.15) is 0 Å². The second-order valence-electron chi connectivity index (χ2n) is 4.98. The van der Waals surface area contributed by atoms with Crippen LogP contribution < -0.4 is 10.0 Å². The highest BCUT2D eigenvalue weighted by Crippen LogP contribution is 2.38. The minimum atomic E-state index is -3.98. The Morgan fingerprint density at radius 3 is 2.45 bits per heavy atom. The van der Waals surface area contributed by atoms with Gasteiger partial charge in [-0.1, -0.05) is 41.9 Å². The normalized spacial score (nSPS) is 17.3. The molecule has 0 aliphatic carbocycles. The number of sulfonamides is 1. The second-order valence-corrected chi connectivity index (χ2v) is 7.17. The third-order valence-electron chi connectivity index (χ3n) is 3.63. The molecule has 0 fully saturated rings. The zero-order chi connectivity index (χ0) is 15.9. The first-order valence-electron chi connectivity index (χ1n) is 6.59. The zero-order valence-electron chi connectivity index (χ0n) is 11.4. The molecule has 3 rings (SSSR count). The van der Waals surface area contributed by atoms with Gasteiger partial charge in [0.25, 0.3) is 10.0 Å². The molecular formula is C15H13ClN2O3S. The Kier molecular flexibility index (Phi) is 3.58. The number of hydrogen-bond acceptors (Lipinski definition) is 3. The molecule has 0 saturated heterocycles. The van der Waals surface area contributed by atoms with Gasteiger partial charge in [0, 0.05) is 6.42 Å². The van der Waals surface area contributed by atoms with E-state index in [2.05, 4.69) is 0 Å². The molecule has 0 aromatic heterocycles. The molecule has 1 heterocycles. The predicted octanol–water partition coefficient (Wildman–Crippen LogP) is 1.95. The van der Waals surface area contributed by atoms with Crippen LogP contribution in [0.25, 0.3) is 0 Å². The summed E-state index contributed by atoms with van der Waals surface area (Å²) in [5.74, 6) is -0.688. The lowest BCUT2D eigenvalue weighted by molar-refractivity contribution is -0.118. The first kappa shape index (κ1) is 14.9. The van der Waals surface area contributed by atoms with Crippen molar-refractivity contribution in [2.24, 2.45) is 5.73 Å². The lowest BCUT2D eigenvalue weighted by Crippen LogP contribution is -2.46. The van der Waals surface area contributed by atoms with Crippen molar-refractivity contribution < 1.29 is 13.2 Å². The molecule has 1 aliphatic rings. The van der Waals surface area contributed by atoms with Crippen LogP contribution in [0.2, 0.25) is 5.02 Å². The Hall–Kier alpha value is -2.05. The average Bonchev–Trinajstić information content (AvgIpc) is 2.88. The molecule has 7 heteroatoms. The summed E-state index contributed by atoms with van der Waals surface area (Å²) in [5, 5.41) is 0.107. The highest BCUT2D eigenvalue weighted by Gasteiger charge is 2.41. The number of fused-ring (bicyclic) bond motifs is 1. The smallest absolute Gasteiger partial charge is 0.266 e. The number of carbonyl (C=O) groups excluding carboxylic acids is 1. The fraction of sp³-hybridized carbons (Fsp3) is 0.133. The van der Waals surface area contributed by atoms with Crippen LogP contribution in [0.4, 0.5) is 5.69 Å². The largest absolute Gasteiger partial charge is 0.368 e. The summed E-state index contributed by atoms with van der Waals surface area (Å²) in [6.45, 7) is 0.